The van der Waals surface area contributed by atoms with Gasteiger partial charge in [0.2, 0.25) is 6.29 Å². The standard InChI is InChI=1S/C35H50O15/c1-19(11-14-36)7-5-9-21(3)30(43)47-28-29-35(18-39,49-29)27-33(48-32-26(42)25(41)24(40)23(17-38)46-32)45-16-13-34(27,28)50-31(44)22(4)10-6-8-20(2)12-15-37/h9-13,16,23-29,32-33,36-42H,5-8,14-15,17-18H2,1-4H3/b19-11+,20-12+,21-9+,22-10+/t23-,24-,25+,26-,27+,28-,29+,32+,33+,34+,35-/m1/s1. The molecule has 3 heterocycles. The van der Waals surface area contributed by atoms with E-state index in [2.05, 4.69) is 0 Å². The normalized spacial score (nSPS) is 37.1. The minimum absolute atomic E-state index is 0.0956. The van der Waals surface area contributed by atoms with Gasteiger partial charge in [0.15, 0.2) is 18.0 Å². The number of aliphatic hydroxyl groups is 7. The van der Waals surface area contributed by atoms with Crippen LogP contribution >= 0.6 is 0 Å². The Morgan fingerprint density at radius 1 is 0.800 bits per heavy atom. The molecule has 1 saturated carbocycles. The van der Waals surface area contributed by atoms with Gasteiger partial charge in [-0.3, -0.25) is 0 Å². The number of rotatable bonds is 16. The first-order valence-electron chi connectivity index (χ1n) is 16.7. The molecule has 0 aromatic heterocycles. The van der Waals surface area contributed by atoms with Gasteiger partial charge in [-0.15, -0.1) is 0 Å². The summed E-state index contributed by atoms with van der Waals surface area (Å²) in [6.45, 7) is 5.28. The highest BCUT2D eigenvalue weighted by Gasteiger charge is 2.84. The fourth-order valence-electron chi connectivity index (χ4n) is 6.63. The van der Waals surface area contributed by atoms with Crippen molar-refractivity contribution >= 4 is 11.9 Å². The Hall–Kier alpha value is -2.96. The average Bonchev–Trinajstić information content (AvgIpc) is 3.76. The van der Waals surface area contributed by atoms with E-state index in [-0.39, 0.29) is 24.4 Å². The predicted molar refractivity (Wildman–Crippen MR) is 173 cm³/mol. The summed E-state index contributed by atoms with van der Waals surface area (Å²) in [4.78, 5) is 27.2. The van der Waals surface area contributed by atoms with E-state index >= 15 is 0 Å². The third-order valence-corrected chi connectivity index (χ3v) is 9.69. The van der Waals surface area contributed by atoms with Crippen molar-refractivity contribution in [1.82, 2.24) is 0 Å². The Morgan fingerprint density at radius 3 is 1.96 bits per heavy atom. The molecule has 0 aromatic rings. The van der Waals surface area contributed by atoms with E-state index in [9.17, 15) is 35.1 Å². The second kappa shape index (κ2) is 17.0. The summed E-state index contributed by atoms with van der Waals surface area (Å²) in [7, 11) is 0. The second-order valence-corrected chi connectivity index (χ2v) is 13.2. The molecule has 0 unspecified atom stereocenters. The van der Waals surface area contributed by atoms with Crippen LogP contribution in [-0.2, 0) is 38.0 Å². The third-order valence-electron chi connectivity index (χ3n) is 9.69. The highest BCUT2D eigenvalue weighted by Crippen LogP contribution is 2.63. The molecule has 0 radical (unpaired) electrons. The van der Waals surface area contributed by atoms with Crippen LogP contribution in [0.4, 0.5) is 0 Å². The van der Waals surface area contributed by atoms with Gasteiger partial charge in [-0.05, 0) is 59.5 Å². The Bertz CT molecular complexity index is 1370. The lowest BCUT2D eigenvalue weighted by atomic mass is 9.81. The Balaban J connectivity index is 1.66. The smallest absolute Gasteiger partial charge is 0.334 e. The fraction of sp³-hybridized carbons (Fsp3) is 0.657. The minimum Gasteiger partial charge on any atom is -0.472 e. The molecule has 2 saturated heterocycles. The van der Waals surface area contributed by atoms with Gasteiger partial charge in [0.05, 0.1) is 32.7 Å². The maximum absolute atomic E-state index is 13.7. The van der Waals surface area contributed by atoms with Crippen LogP contribution in [-0.4, -0.2) is 135 Å². The van der Waals surface area contributed by atoms with Crippen LogP contribution in [0.3, 0.4) is 0 Å². The van der Waals surface area contributed by atoms with E-state index in [0.717, 1.165) is 17.4 Å². The van der Waals surface area contributed by atoms with Crippen LogP contribution in [0.15, 0.2) is 58.9 Å². The molecule has 4 aliphatic rings. The lowest BCUT2D eigenvalue weighted by molar-refractivity contribution is -0.350. The highest BCUT2D eigenvalue weighted by molar-refractivity contribution is 5.89. The third kappa shape index (κ3) is 8.23. The maximum Gasteiger partial charge on any atom is 0.334 e. The molecular weight excluding hydrogens is 660 g/mol. The van der Waals surface area contributed by atoms with Crippen molar-refractivity contribution in [2.45, 2.75) is 114 Å². The van der Waals surface area contributed by atoms with E-state index < -0.39 is 91.5 Å². The van der Waals surface area contributed by atoms with E-state index in [1.165, 1.54) is 6.08 Å². The second-order valence-electron chi connectivity index (χ2n) is 13.2. The summed E-state index contributed by atoms with van der Waals surface area (Å²) in [6, 6.07) is 0. The molecule has 0 spiro atoms. The van der Waals surface area contributed by atoms with Gasteiger partial charge < -0.3 is 64.2 Å². The van der Waals surface area contributed by atoms with Crippen LogP contribution in [0.5, 0.6) is 0 Å². The van der Waals surface area contributed by atoms with Crippen LogP contribution in [0, 0.1) is 5.92 Å². The highest BCUT2D eigenvalue weighted by atomic mass is 16.8. The molecule has 15 heteroatoms. The Kier molecular flexibility index (Phi) is 13.6. The first-order valence-corrected chi connectivity index (χ1v) is 16.7. The molecule has 7 N–H and O–H groups in total. The number of fused-ring (bicyclic) bond motifs is 3. The summed E-state index contributed by atoms with van der Waals surface area (Å²) >= 11 is 0. The summed E-state index contributed by atoms with van der Waals surface area (Å²) in [6.07, 6.45) is -0.613. The van der Waals surface area contributed by atoms with Crippen molar-refractivity contribution in [1.29, 1.82) is 0 Å². The molecule has 11 atom stereocenters. The number of hydrogen-bond donors (Lipinski definition) is 7. The number of allylic oxidation sites excluding steroid dienone is 4. The predicted octanol–water partition coefficient (Wildman–Crippen LogP) is -0.0434. The summed E-state index contributed by atoms with van der Waals surface area (Å²) in [5.41, 5.74) is -0.991. The first-order chi connectivity index (χ1) is 23.8. The quantitative estimate of drug-likeness (QED) is 0.0482. The molecule has 50 heavy (non-hydrogen) atoms. The summed E-state index contributed by atoms with van der Waals surface area (Å²) in [5.74, 6) is -2.73. The van der Waals surface area contributed by atoms with Gasteiger partial charge in [-0.1, -0.05) is 35.5 Å². The molecule has 4 rings (SSSR count). The lowest BCUT2D eigenvalue weighted by Gasteiger charge is -2.46. The van der Waals surface area contributed by atoms with Crippen molar-refractivity contribution in [3.05, 3.63) is 58.9 Å². The molecule has 15 nitrogen and oxygen atoms in total. The first kappa shape index (κ1) is 39.8. The number of ether oxygens (including phenoxy) is 6. The summed E-state index contributed by atoms with van der Waals surface area (Å²) < 4.78 is 35.5. The van der Waals surface area contributed by atoms with E-state index in [1.807, 2.05) is 13.8 Å². The van der Waals surface area contributed by atoms with E-state index in [0.29, 0.717) is 25.7 Å². The van der Waals surface area contributed by atoms with Crippen molar-refractivity contribution in [3.8, 4) is 0 Å². The topological polar surface area (TPSA) is 234 Å². The average molecular weight is 711 g/mol. The number of carbonyl (C=O) groups is 2. The molecule has 3 aliphatic heterocycles. The van der Waals surface area contributed by atoms with Gasteiger partial charge >= 0.3 is 11.9 Å². The van der Waals surface area contributed by atoms with Gasteiger partial charge in [-0.25, -0.2) is 9.59 Å². The van der Waals surface area contributed by atoms with E-state index in [4.69, 9.17) is 38.6 Å². The molecular formula is C35H50O15. The molecule has 1 aliphatic carbocycles. The van der Waals surface area contributed by atoms with Gasteiger partial charge in [0.1, 0.15) is 42.0 Å². The van der Waals surface area contributed by atoms with Crippen molar-refractivity contribution in [2.24, 2.45) is 5.92 Å². The van der Waals surface area contributed by atoms with Gasteiger partial charge in [-0.2, -0.15) is 0 Å². The summed E-state index contributed by atoms with van der Waals surface area (Å²) in [5, 5.41) is 69.9. The van der Waals surface area contributed by atoms with Crippen LogP contribution < -0.4 is 0 Å². The SMILES string of the molecule is C/C(=C\CO)CC/C=C(\C)C(=O)O[C@@H]1[C@@H]2O[C@]2(CO)[C@H]2[C@H](O[C@@H]3O[C@H](CO)[C@@H](O)[C@H](O)[C@H]3O)OC=C[C@@]12OC(=O)/C(C)=C/CC/C(C)=C/CO. The Labute approximate surface area is 290 Å². The molecule has 3 fully saturated rings. The Morgan fingerprint density at radius 2 is 1.40 bits per heavy atom. The molecule has 280 valence electrons. The molecule has 0 amide bonds. The van der Waals surface area contributed by atoms with Crippen molar-refractivity contribution in [3.63, 3.8) is 0 Å². The van der Waals surface area contributed by atoms with E-state index in [1.54, 1.807) is 38.2 Å². The number of hydrogen-bond acceptors (Lipinski definition) is 15. The zero-order chi connectivity index (χ0) is 36.8. The van der Waals surface area contributed by atoms with Gasteiger partial charge in [0, 0.05) is 11.1 Å². The largest absolute Gasteiger partial charge is 0.472 e. The van der Waals surface area contributed by atoms with Crippen LogP contribution in [0.1, 0.15) is 53.4 Å². The van der Waals surface area contributed by atoms with Crippen LogP contribution in [0.25, 0.3) is 0 Å². The number of carbonyl (C=O) groups excluding carboxylic acids is 2. The number of esters is 2. The van der Waals surface area contributed by atoms with Crippen molar-refractivity contribution < 1.29 is 73.8 Å². The van der Waals surface area contributed by atoms with Gasteiger partial charge in [0.25, 0.3) is 0 Å². The molecule has 0 bridgehead atoms. The van der Waals surface area contributed by atoms with Crippen molar-refractivity contribution in [2.75, 3.05) is 26.4 Å². The monoisotopic (exact) mass is 710 g/mol. The fourth-order valence-corrected chi connectivity index (χ4v) is 6.63. The molecule has 0 aromatic carbocycles. The lowest BCUT2D eigenvalue weighted by Crippen LogP contribution is -2.63. The zero-order valence-electron chi connectivity index (χ0n) is 28.7. The zero-order valence-corrected chi connectivity index (χ0v) is 28.7. The minimum atomic E-state index is -1.84. The number of epoxide rings is 1. The van der Waals surface area contributed by atoms with Crippen LogP contribution in [0.2, 0.25) is 0 Å². The maximum atomic E-state index is 13.7. The number of aliphatic hydroxyl groups excluding tert-OH is 7.